The van der Waals surface area contributed by atoms with E-state index in [4.69, 9.17) is 4.74 Å². The summed E-state index contributed by atoms with van der Waals surface area (Å²) in [6.45, 7) is 1.98. The number of benzene rings is 1. The molecule has 1 aromatic carbocycles. The van der Waals surface area contributed by atoms with E-state index in [1.807, 2.05) is 49.4 Å². The smallest absolute Gasteiger partial charge is 0.148 e. The van der Waals surface area contributed by atoms with Crippen LogP contribution in [0.4, 0.5) is 5.82 Å². The summed E-state index contributed by atoms with van der Waals surface area (Å²) >= 11 is 0. The number of nitrogens with one attached hydrogen (secondary N) is 1. The van der Waals surface area contributed by atoms with Crippen molar-refractivity contribution in [1.82, 2.24) is 10.4 Å². The predicted molar refractivity (Wildman–Crippen MR) is 89.1 cm³/mol. The molecule has 23 heavy (non-hydrogen) atoms. The number of hydrogen-bond donors (Lipinski definition) is 1. The number of carbonyl (C=O) groups excluding carboxylic acids is 1. The maximum atomic E-state index is 11.7. The van der Waals surface area contributed by atoms with Crippen molar-refractivity contribution in [1.29, 1.82) is 0 Å². The molecular formula is C18H19N3O2. The first-order chi connectivity index (χ1) is 11.2. The summed E-state index contributed by atoms with van der Waals surface area (Å²) in [5, 5.41) is 1.81. The Morgan fingerprint density at radius 1 is 1.26 bits per heavy atom. The molecule has 1 aliphatic rings. The summed E-state index contributed by atoms with van der Waals surface area (Å²) in [4.78, 5) is 16.0. The number of ether oxygens (including phenoxy) is 1. The molecule has 118 valence electrons. The maximum absolute atomic E-state index is 11.7. The molecule has 0 amide bonds. The van der Waals surface area contributed by atoms with Crippen LogP contribution in [0.1, 0.15) is 12.5 Å². The Kier molecular flexibility index (Phi) is 4.28. The van der Waals surface area contributed by atoms with Gasteiger partial charge in [-0.2, -0.15) is 0 Å². The van der Waals surface area contributed by atoms with Crippen LogP contribution in [0.15, 0.2) is 59.9 Å². The van der Waals surface area contributed by atoms with Crippen molar-refractivity contribution < 1.29 is 9.53 Å². The predicted octanol–water partition coefficient (Wildman–Crippen LogP) is 2.50. The number of hydrogen-bond acceptors (Lipinski definition) is 5. The number of aromatic nitrogens is 1. The van der Waals surface area contributed by atoms with Crippen LogP contribution in [0.2, 0.25) is 0 Å². The van der Waals surface area contributed by atoms with Crippen LogP contribution < -0.4 is 15.2 Å². The Bertz CT molecular complexity index is 711. The summed E-state index contributed by atoms with van der Waals surface area (Å²) in [7, 11) is 1.65. The Hall–Kier alpha value is -2.82. The molecule has 1 aromatic heterocycles. The van der Waals surface area contributed by atoms with Crippen molar-refractivity contribution in [2.75, 3.05) is 12.1 Å². The van der Waals surface area contributed by atoms with Gasteiger partial charge < -0.3 is 15.0 Å². The van der Waals surface area contributed by atoms with Crippen LogP contribution in [0, 0.1) is 0 Å². The highest BCUT2D eigenvalue weighted by Gasteiger charge is 2.31. The van der Waals surface area contributed by atoms with Gasteiger partial charge in [0.05, 0.1) is 7.11 Å². The zero-order valence-corrected chi connectivity index (χ0v) is 13.2. The average molecular weight is 309 g/mol. The molecule has 0 fully saturated rings. The number of aldehydes is 1. The molecule has 5 heteroatoms. The van der Waals surface area contributed by atoms with E-state index in [9.17, 15) is 4.79 Å². The lowest BCUT2D eigenvalue weighted by Gasteiger charge is -2.23. The van der Waals surface area contributed by atoms with E-state index in [0.29, 0.717) is 6.42 Å². The topological polar surface area (TPSA) is 54.5 Å². The summed E-state index contributed by atoms with van der Waals surface area (Å²) < 4.78 is 5.18. The Morgan fingerprint density at radius 2 is 2.04 bits per heavy atom. The number of methoxy groups -OCH3 is 1. The van der Waals surface area contributed by atoms with E-state index in [-0.39, 0.29) is 6.04 Å². The molecular weight excluding hydrogens is 290 g/mol. The molecule has 2 heterocycles. The highest BCUT2D eigenvalue weighted by atomic mass is 16.5. The molecule has 1 aliphatic heterocycles. The van der Waals surface area contributed by atoms with Gasteiger partial charge in [-0.15, -0.1) is 0 Å². The normalized spacial score (nSPS) is 17.1. The lowest BCUT2D eigenvalue weighted by molar-refractivity contribution is -0.108. The molecule has 0 radical (unpaired) electrons. The molecule has 0 saturated heterocycles. The molecule has 1 N–H and O–H groups in total. The van der Waals surface area contributed by atoms with Crippen molar-refractivity contribution in [3.63, 3.8) is 0 Å². The largest absolute Gasteiger partial charge is 0.497 e. The molecule has 1 unspecified atom stereocenters. The summed E-state index contributed by atoms with van der Waals surface area (Å²) in [6, 6.07) is 13.2. The lowest BCUT2D eigenvalue weighted by atomic mass is 9.98. The zero-order chi connectivity index (χ0) is 16.2. The number of carbonyl (C=O) groups is 1. The van der Waals surface area contributed by atoms with Crippen LogP contribution in [0.5, 0.6) is 5.75 Å². The van der Waals surface area contributed by atoms with E-state index >= 15 is 0 Å². The average Bonchev–Trinajstić information content (AvgIpc) is 2.92. The minimum Gasteiger partial charge on any atom is -0.497 e. The van der Waals surface area contributed by atoms with Gasteiger partial charge in [0.25, 0.3) is 0 Å². The number of rotatable bonds is 5. The highest BCUT2D eigenvalue weighted by Crippen LogP contribution is 2.27. The van der Waals surface area contributed by atoms with Crippen molar-refractivity contribution in [2.24, 2.45) is 0 Å². The monoisotopic (exact) mass is 309 g/mol. The van der Waals surface area contributed by atoms with Crippen molar-refractivity contribution >= 4 is 12.1 Å². The summed E-state index contributed by atoms with van der Waals surface area (Å²) in [5.74, 6) is 1.56. The van der Waals surface area contributed by atoms with Crippen LogP contribution in [-0.2, 0) is 11.2 Å². The zero-order valence-electron chi connectivity index (χ0n) is 13.2. The SMILES string of the molecule is COc1ccc(CC2=C(C)NN(c3ccccn3)C2C=O)cc1. The van der Waals surface area contributed by atoms with Gasteiger partial charge in [0.2, 0.25) is 0 Å². The van der Waals surface area contributed by atoms with Crippen molar-refractivity contribution in [2.45, 2.75) is 19.4 Å². The van der Waals surface area contributed by atoms with Crippen LogP contribution in [-0.4, -0.2) is 24.4 Å². The number of nitrogens with zero attached hydrogens (tertiary/aromatic N) is 2. The number of allylic oxidation sites excluding steroid dienone is 1. The first kappa shape index (κ1) is 15.1. The fraction of sp³-hybridized carbons (Fsp3) is 0.222. The molecule has 5 nitrogen and oxygen atoms in total. The third kappa shape index (κ3) is 3.04. The minimum absolute atomic E-state index is 0.355. The first-order valence-electron chi connectivity index (χ1n) is 7.47. The van der Waals surface area contributed by atoms with Crippen molar-refractivity contribution in [3.05, 3.63) is 65.5 Å². The fourth-order valence-corrected chi connectivity index (χ4v) is 2.74. The standard InChI is InChI=1S/C18H19N3O2/c1-13-16(11-14-6-8-15(23-2)9-7-14)17(12-22)21(20-13)18-5-3-4-10-19-18/h3-10,12,17,20H,11H2,1-2H3. The third-order valence-corrected chi connectivity index (χ3v) is 3.98. The molecule has 3 rings (SSSR count). The maximum Gasteiger partial charge on any atom is 0.148 e. The quantitative estimate of drug-likeness (QED) is 0.860. The van der Waals surface area contributed by atoms with Gasteiger partial charge in [-0.25, -0.2) is 4.98 Å². The van der Waals surface area contributed by atoms with Gasteiger partial charge in [0.1, 0.15) is 23.9 Å². The second-order valence-electron chi connectivity index (χ2n) is 5.43. The number of anilines is 1. The van der Waals surface area contributed by atoms with Gasteiger partial charge in [0, 0.05) is 11.9 Å². The second-order valence-corrected chi connectivity index (χ2v) is 5.43. The Labute approximate surface area is 135 Å². The molecule has 2 aromatic rings. The van der Waals surface area contributed by atoms with Crippen LogP contribution >= 0.6 is 0 Å². The number of pyridine rings is 1. The third-order valence-electron chi connectivity index (χ3n) is 3.98. The van der Waals surface area contributed by atoms with E-state index in [1.54, 1.807) is 18.3 Å². The van der Waals surface area contributed by atoms with Gasteiger partial charge >= 0.3 is 0 Å². The first-order valence-corrected chi connectivity index (χ1v) is 7.47. The van der Waals surface area contributed by atoms with E-state index in [1.165, 1.54) is 0 Å². The fourth-order valence-electron chi connectivity index (χ4n) is 2.74. The Morgan fingerprint density at radius 3 is 2.65 bits per heavy atom. The highest BCUT2D eigenvalue weighted by molar-refractivity contribution is 5.72. The van der Waals surface area contributed by atoms with Gasteiger partial charge in [-0.3, -0.25) is 5.01 Å². The molecule has 0 saturated carbocycles. The minimum atomic E-state index is -0.355. The Balaban J connectivity index is 1.83. The van der Waals surface area contributed by atoms with Gasteiger partial charge in [0.15, 0.2) is 0 Å². The van der Waals surface area contributed by atoms with E-state index in [2.05, 4.69) is 10.4 Å². The summed E-state index contributed by atoms with van der Waals surface area (Å²) in [6.07, 6.45) is 3.38. The van der Waals surface area contributed by atoms with Gasteiger partial charge in [-0.05, 0) is 48.7 Å². The molecule has 1 atom stereocenters. The van der Waals surface area contributed by atoms with Crippen molar-refractivity contribution in [3.8, 4) is 5.75 Å². The van der Waals surface area contributed by atoms with Crippen LogP contribution in [0.3, 0.4) is 0 Å². The van der Waals surface area contributed by atoms with E-state index in [0.717, 1.165) is 34.7 Å². The lowest BCUT2D eigenvalue weighted by Crippen LogP contribution is -2.41. The molecule has 0 spiro atoms. The second kappa shape index (κ2) is 6.52. The molecule has 0 aliphatic carbocycles. The van der Waals surface area contributed by atoms with Crippen LogP contribution in [0.25, 0.3) is 0 Å². The number of hydrazine groups is 1. The summed E-state index contributed by atoms with van der Waals surface area (Å²) in [5.41, 5.74) is 6.44. The molecule has 0 bridgehead atoms. The van der Waals surface area contributed by atoms with Gasteiger partial charge in [-0.1, -0.05) is 18.2 Å². The van der Waals surface area contributed by atoms with E-state index < -0.39 is 0 Å².